The lowest BCUT2D eigenvalue weighted by Crippen LogP contribution is -2.48. The van der Waals surface area contributed by atoms with Crippen LogP contribution in [-0.4, -0.2) is 58.5 Å². The van der Waals surface area contributed by atoms with Crippen molar-refractivity contribution < 1.29 is 22.7 Å². The largest absolute Gasteiger partial charge is 0.495 e. The van der Waals surface area contributed by atoms with Crippen LogP contribution >= 0.6 is 0 Å². The van der Waals surface area contributed by atoms with Gasteiger partial charge in [-0.25, -0.2) is 8.42 Å². The fourth-order valence-corrected chi connectivity index (χ4v) is 5.49. The predicted molar refractivity (Wildman–Crippen MR) is 136 cm³/mol. The minimum atomic E-state index is -3.77. The van der Waals surface area contributed by atoms with E-state index >= 15 is 0 Å². The second kappa shape index (κ2) is 10.8. The molecule has 1 fully saturated rings. The summed E-state index contributed by atoms with van der Waals surface area (Å²) in [6.45, 7) is 3.95. The van der Waals surface area contributed by atoms with Crippen molar-refractivity contribution >= 4 is 27.3 Å². The van der Waals surface area contributed by atoms with Gasteiger partial charge in [-0.2, -0.15) is 4.31 Å². The number of hydrogen-bond acceptors (Lipinski definition) is 6. The molecule has 4 rings (SSSR count). The van der Waals surface area contributed by atoms with Crippen molar-refractivity contribution in [1.82, 2.24) is 4.31 Å². The van der Waals surface area contributed by atoms with Crippen LogP contribution < -0.4 is 19.7 Å². The Labute approximate surface area is 206 Å². The molecule has 0 spiro atoms. The molecule has 35 heavy (non-hydrogen) atoms. The number of anilines is 2. The molecule has 184 valence electrons. The molecule has 0 unspecified atom stereocenters. The molecule has 9 heteroatoms. The van der Waals surface area contributed by atoms with Crippen molar-refractivity contribution in [3.05, 3.63) is 78.4 Å². The molecule has 0 bridgehead atoms. The Morgan fingerprint density at radius 3 is 2.29 bits per heavy atom. The summed E-state index contributed by atoms with van der Waals surface area (Å²) in [5.41, 5.74) is 1.73. The summed E-state index contributed by atoms with van der Waals surface area (Å²) < 4.78 is 39.5. The molecule has 0 aliphatic carbocycles. The van der Waals surface area contributed by atoms with Crippen LogP contribution in [0.3, 0.4) is 0 Å². The second-order valence-electron chi connectivity index (χ2n) is 7.97. The van der Waals surface area contributed by atoms with Gasteiger partial charge in [0, 0.05) is 31.7 Å². The normalized spacial score (nSPS) is 14.4. The maximum Gasteiger partial charge on any atom is 0.255 e. The highest BCUT2D eigenvalue weighted by Crippen LogP contribution is 2.32. The van der Waals surface area contributed by atoms with Crippen LogP contribution in [-0.2, 0) is 10.0 Å². The summed E-state index contributed by atoms with van der Waals surface area (Å²) in [5, 5.41) is 2.80. The number of piperazine rings is 1. The van der Waals surface area contributed by atoms with Crippen LogP contribution in [0.4, 0.5) is 11.4 Å². The minimum Gasteiger partial charge on any atom is -0.495 e. The summed E-state index contributed by atoms with van der Waals surface area (Å²) in [6.07, 6.45) is 0. The van der Waals surface area contributed by atoms with Gasteiger partial charge in [0.2, 0.25) is 10.0 Å². The molecule has 3 aromatic rings. The molecule has 1 aliphatic heterocycles. The number of para-hydroxylation sites is 2. The molecule has 1 amide bonds. The smallest absolute Gasteiger partial charge is 0.255 e. The molecule has 1 aliphatic rings. The van der Waals surface area contributed by atoms with Crippen molar-refractivity contribution in [2.75, 3.05) is 50.1 Å². The quantitative estimate of drug-likeness (QED) is 0.511. The van der Waals surface area contributed by atoms with Crippen molar-refractivity contribution in [2.45, 2.75) is 11.8 Å². The lowest BCUT2D eigenvalue weighted by atomic mass is 10.2. The number of carbonyl (C=O) groups is 1. The Hall–Kier alpha value is -3.56. The van der Waals surface area contributed by atoms with Gasteiger partial charge in [-0.3, -0.25) is 4.79 Å². The van der Waals surface area contributed by atoms with Gasteiger partial charge in [0.15, 0.2) is 0 Å². The van der Waals surface area contributed by atoms with E-state index in [1.165, 1.54) is 16.4 Å². The van der Waals surface area contributed by atoms with Crippen molar-refractivity contribution in [2.24, 2.45) is 0 Å². The van der Waals surface area contributed by atoms with E-state index in [-0.39, 0.29) is 10.8 Å². The second-order valence-corrected chi connectivity index (χ2v) is 9.91. The molecule has 3 aromatic carbocycles. The third-order valence-electron chi connectivity index (χ3n) is 5.84. The SMILES string of the molecule is CCOc1ccc(S(=O)(=O)N2CCN(c3ccccc3OC)CC2)cc1NC(=O)c1ccccc1. The number of methoxy groups -OCH3 is 1. The number of nitrogens with one attached hydrogen (secondary N) is 1. The van der Waals surface area contributed by atoms with E-state index < -0.39 is 10.0 Å². The van der Waals surface area contributed by atoms with Crippen LogP contribution in [0.15, 0.2) is 77.7 Å². The molecule has 0 aromatic heterocycles. The molecule has 8 nitrogen and oxygen atoms in total. The molecule has 1 saturated heterocycles. The van der Waals surface area contributed by atoms with Crippen molar-refractivity contribution in [3.63, 3.8) is 0 Å². The van der Waals surface area contributed by atoms with E-state index in [0.717, 1.165) is 11.4 Å². The maximum atomic E-state index is 13.5. The molecule has 1 heterocycles. The number of carbonyl (C=O) groups excluding carboxylic acids is 1. The third kappa shape index (κ3) is 5.41. The van der Waals surface area contributed by atoms with E-state index in [9.17, 15) is 13.2 Å². The predicted octanol–water partition coefficient (Wildman–Crippen LogP) is 3.86. The molecule has 0 atom stereocenters. The number of amides is 1. The molecule has 0 radical (unpaired) electrons. The van der Waals surface area contributed by atoms with E-state index in [0.29, 0.717) is 49.8 Å². The Morgan fingerprint density at radius 1 is 0.914 bits per heavy atom. The standard InChI is InChI=1S/C26H29N3O5S/c1-3-34-24-14-13-21(19-22(24)27-26(30)20-9-5-4-6-10-20)35(31,32)29-17-15-28(16-18-29)23-11-7-8-12-25(23)33-2/h4-14,19H,3,15-18H2,1-2H3,(H,27,30). The first-order valence-corrected chi connectivity index (χ1v) is 12.9. The van der Waals surface area contributed by atoms with Crippen LogP contribution in [0.5, 0.6) is 11.5 Å². The minimum absolute atomic E-state index is 0.107. The van der Waals surface area contributed by atoms with Crippen LogP contribution in [0.25, 0.3) is 0 Å². The number of hydrogen-bond donors (Lipinski definition) is 1. The van der Waals surface area contributed by atoms with Gasteiger partial charge in [0.1, 0.15) is 11.5 Å². The highest BCUT2D eigenvalue weighted by molar-refractivity contribution is 7.89. The first-order valence-electron chi connectivity index (χ1n) is 11.5. The lowest BCUT2D eigenvalue weighted by molar-refractivity contribution is 0.102. The average Bonchev–Trinajstić information content (AvgIpc) is 2.90. The first kappa shape index (κ1) is 24.6. The number of rotatable bonds is 8. The Bertz CT molecular complexity index is 1270. The Morgan fingerprint density at radius 2 is 1.60 bits per heavy atom. The van der Waals surface area contributed by atoms with Gasteiger partial charge in [-0.05, 0) is 49.4 Å². The average molecular weight is 496 g/mol. The van der Waals surface area contributed by atoms with Crippen LogP contribution in [0.1, 0.15) is 17.3 Å². The van der Waals surface area contributed by atoms with E-state index in [1.807, 2.05) is 37.3 Å². The highest BCUT2D eigenvalue weighted by atomic mass is 32.2. The highest BCUT2D eigenvalue weighted by Gasteiger charge is 2.30. The monoisotopic (exact) mass is 495 g/mol. The zero-order valence-corrected chi connectivity index (χ0v) is 20.6. The molecular weight excluding hydrogens is 466 g/mol. The van der Waals surface area contributed by atoms with Gasteiger partial charge in [0.25, 0.3) is 5.91 Å². The topological polar surface area (TPSA) is 88.2 Å². The zero-order valence-electron chi connectivity index (χ0n) is 19.8. The summed E-state index contributed by atoms with van der Waals surface area (Å²) in [7, 11) is -2.14. The van der Waals surface area contributed by atoms with Gasteiger partial charge in [-0.1, -0.05) is 30.3 Å². The number of sulfonamides is 1. The lowest BCUT2D eigenvalue weighted by Gasteiger charge is -2.36. The summed E-state index contributed by atoms with van der Waals surface area (Å²) in [5.74, 6) is 0.831. The van der Waals surface area contributed by atoms with Gasteiger partial charge in [-0.15, -0.1) is 0 Å². The number of nitrogens with zero attached hydrogens (tertiary/aromatic N) is 2. The molecule has 1 N–H and O–H groups in total. The van der Waals surface area contributed by atoms with E-state index in [1.54, 1.807) is 37.4 Å². The van der Waals surface area contributed by atoms with Crippen LogP contribution in [0.2, 0.25) is 0 Å². The number of benzene rings is 3. The van der Waals surface area contributed by atoms with E-state index in [2.05, 4.69) is 10.2 Å². The van der Waals surface area contributed by atoms with Crippen LogP contribution in [0, 0.1) is 0 Å². The zero-order chi connectivity index (χ0) is 24.8. The fraction of sp³-hybridized carbons (Fsp3) is 0.269. The first-order chi connectivity index (χ1) is 16.9. The van der Waals surface area contributed by atoms with Gasteiger partial charge < -0.3 is 19.7 Å². The van der Waals surface area contributed by atoms with E-state index in [4.69, 9.17) is 9.47 Å². The van der Waals surface area contributed by atoms with Gasteiger partial charge in [0.05, 0.1) is 30.0 Å². The third-order valence-corrected chi connectivity index (χ3v) is 7.73. The van der Waals surface area contributed by atoms with Crippen molar-refractivity contribution in [3.8, 4) is 11.5 Å². The molecular formula is C26H29N3O5S. The summed E-state index contributed by atoms with van der Waals surface area (Å²) >= 11 is 0. The molecule has 0 saturated carbocycles. The van der Waals surface area contributed by atoms with Gasteiger partial charge >= 0.3 is 0 Å². The summed E-state index contributed by atoms with van der Waals surface area (Å²) in [6, 6.07) is 21.0. The summed E-state index contributed by atoms with van der Waals surface area (Å²) in [4.78, 5) is 14.9. The Balaban J connectivity index is 1.54. The fourth-order valence-electron chi connectivity index (χ4n) is 4.04. The van der Waals surface area contributed by atoms with Crippen molar-refractivity contribution in [1.29, 1.82) is 0 Å². The number of ether oxygens (including phenoxy) is 2. The maximum absolute atomic E-state index is 13.5. The Kier molecular flexibility index (Phi) is 7.57.